The Balaban J connectivity index is 2.24. The average molecular weight is 238 g/mol. The molecular weight excluding hydrogens is 220 g/mol. The summed E-state index contributed by atoms with van der Waals surface area (Å²) in [5.74, 6) is 2.13. The van der Waals surface area contributed by atoms with Gasteiger partial charge < -0.3 is 9.84 Å². The quantitative estimate of drug-likeness (QED) is 0.869. The molecule has 1 aliphatic heterocycles. The van der Waals surface area contributed by atoms with Crippen molar-refractivity contribution in [2.24, 2.45) is 0 Å². The number of ether oxygens (including phenoxy) is 1. The maximum absolute atomic E-state index is 10.2. The summed E-state index contributed by atoms with van der Waals surface area (Å²) >= 11 is 1.92. The van der Waals surface area contributed by atoms with E-state index in [1.165, 1.54) is 12.2 Å². The minimum absolute atomic E-state index is 0.0948. The lowest BCUT2D eigenvalue weighted by molar-refractivity contribution is 0.231. The summed E-state index contributed by atoms with van der Waals surface area (Å²) in [5.41, 5.74) is 1.03. The number of aromatic hydroxyl groups is 1. The second kappa shape index (κ2) is 5.00. The third-order valence-corrected chi connectivity index (χ3v) is 4.09. The number of thioether (sulfide) groups is 1. The number of phenols is 1. The van der Waals surface area contributed by atoms with E-state index in [4.69, 9.17) is 4.74 Å². The van der Waals surface area contributed by atoms with Crippen LogP contribution in [-0.2, 0) is 0 Å². The summed E-state index contributed by atoms with van der Waals surface area (Å²) in [6.07, 6.45) is 2.49. The van der Waals surface area contributed by atoms with Gasteiger partial charge in [-0.15, -0.1) is 0 Å². The van der Waals surface area contributed by atoms with E-state index < -0.39 is 0 Å². The van der Waals surface area contributed by atoms with Crippen LogP contribution in [0, 0.1) is 0 Å². The van der Waals surface area contributed by atoms with Gasteiger partial charge in [0.15, 0.2) is 11.5 Å². The second-order valence-corrected chi connectivity index (χ2v) is 5.67. The van der Waals surface area contributed by atoms with Crippen molar-refractivity contribution >= 4 is 11.8 Å². The molecule has 2 nitrogen and oxygen atoms in total. The summed E-state index contributed by atoms with van der Waals surface area (Å²) in [4.78, 5) is 0. The molecule has 0 spiro atoms. The van der Waals surface area contributed by atoms with Crippen LogP contribution in [0.5, 0.6) is 11.5 Å². The lowest BCUT2D eigenvalue weighted by Gasteiger charge is -2.16. The Hall–Kier alpha value is -0.830. The predicted octanol–water partition coefficient (Wildman–Crippen LogP) is 3.75. The first-order valence-corrected chi connectivity index (χ1v) is 6.83. The fourth-order valence-corrected chi connectivity index (χ4v) is 3.29. The van der Waals surface area contributed by atoms with Gasteiger partial charge in [0.25, 0.3) is 0 Å². The Bertz CT molecular complexity index is 357. The highest BCUT2D eigenvalue weighted by Gasteiger charge is 2.22. The normalized spacial score (nSPS) is 20.3. The molecule has 0 saturated carbocycles. The summed E-state index contributed by atoms with van der Waals surface area (Å²) in [7, 11) is 0. The molecule has 1 aromatic carbocycles. The molecule has 2 rings (SSSR count). The molecule has 1 atom stereocenters. The standard InChI is InChI=1S/C13H18O2S/c1-9(2)15-11-6-3-5-10(13(11)14)12-7-4-8-16-12/h3,5-6,9,12,14H,4,7-8H2,1-2H3. The van der Waals surface area contributed by atoms with Crippen LogP contribution in [0.15, 0.2) is 18.2 Å². The monoisotopic (exact) mass is 238 g/mol. The zero-order valence-corrected chi connectivity index (χ0v) is 10.6. The largest absolute Gasteiger partial charge is 0.504 e. The average Bonchev–Trinajstić information content (AvgIpc) is 2.73. The van der Waals surface area contributed by atoms with Gasteiger partial charge in [-0.05, 0) is 38.5 Å². The molecule has 1 aliphatic rings. The van der Waals surface area contributed by atoms with Crippen molar-refractivity contribution in [2.75, 3.05) is 5.75 Å². The third-order valence-electron chi connectivity index (χ3n) is 2.67. The number of para-hydroxylation sites is 1. The van der Waals surface area contributed by atoms with E-state index in [2.05, 4.69) is 0 Å². The van der Waals surface area contributed by atoms with Gasteiger partial charge in [0.1, 0.15) is 0 Å². The maximum atomic E-state index is 10.2. The van der Waals surface area contributed by atoms with E-state index in [1.54, 1.807) is 0 Å². The Morgan fingerprint density at radius 3 is 2.88 bits per heavy atom. The van der Waals surface area contributed by atoms with Gasteiger partial charge in [0, 0.05) is 10.8 Å². The summed E-state index contributed by atoms with van der Waals surface area (Å²) in [6.45, 7) is 3.94. The van der Waals surface area contributed by atoms with Crippen molar-refractivity contribution in [1.29, 1.82) is 0 Å². The van der Waals surface area contributed by atoms with E-state index in [1.807, 2.05) is 43.8 Å². The summed E-state index contributed by atoms with van der Waals surface area (Å²) in [6, 6.07) is 5.80. The molecule has 0 amide bonds. The molecule has 1 saturated heterocycles. The van der Waals surface area contributed by atoms with Crippen molar-refractivity contribution < 1.29 is 9.84 Å². The van der Waals surface area contributed by atoms with Crippen LogP contribution in [0.3, 0.4) is 0 Å². The van der Waals surface area contributed by atoms with Gasteiger partial charge in [0.2, 0.25) is 0 Å². The fraction of sp³-hybridized carbons (Fsp3) is 0.538. The fourth-order valence-electron chi connectivity index (χ4n) is 1.97. The Morgan fingerprint density at radius 2 is 2.25 bits per heavy atom. The molecule has 1 fully saturated rings. The SMILES string of the molecule is CC(C)Oc1cccc(C2CCCS2)c1O. The van der Waals surface area contributed by atoms with Gasteiger partial charge in [-0.3, -0.25) is 0 Å². The number of hydrogen-bond acceptors (Lipinski definition) is 3. The molecule has 0 radical (unpaired) electrons. The van der Waals surface area contributed by atoms with E-state index >= 15 is 0 Å². The van der Waals surface area contributed by atoms with Gasteiger partial charge in [-0.25, -0.2) is 0 Å². The smallest absolute Gasteiger partial charge is 0.162 e. The number of phenolic OH excluding ortho intramolecular Hbond substituents is 1. The number of hydrogen-bond donors (Lipinski definition) is 1. The van der Waals surface area contributed by atoms with Crippen molar-refractivity contribution in [3.05, 3.63) is 23.8 Å². The highest BCUT2D eigenvalue weighted by Crippen LogP contribution is 2.45. The van der Waals surface area contributed by atoms with Crippen LogP contribution in [0.4, 0.5) is 0 Å². The molecule has 16 heavy (non-hydrogen) atoms. The maximum Gasteiger partial charge on any atom is 0.162 e. The van der Waals surface area contributed by atoms with E-state index in [9.17, 15) is 5.11 Å². The van der Waals surface area contributed by atoms with Crippen molar-refractivity contribution in [3.8, 4) is 11.5 Å². The van der Waals surface area contributed by atoms with Crippen LogP contribution in [0.2, 0.25) is 0 Å². The molecule has 1 unspecified atom stereocenters. The van der Waals surface area contributed by atoms with Gasteiger partial charge in [-0.2, -0.15) is 11.8 Å². The van der Waals surface area contributed by atoms with E-state index in [0.717, 1.165) is 12.0 Å². The molecular formula is C13H18O2S. The Labute approximate surface area is 101 Å². The molecule has 3 heteroatoms. The van der Waals surface area contributed by atoms with Crippen LogP contribution < -0.4 is 4.74 Å². The lowest BCUT2D eigenvalue weighted by Crippen LogP contribution is -2.06. The van der Waals surface area contributed by atoms with Crippen molar-refractivity contribution in [3.63, 3.8) is 0 Å². The topological polar surface area (TPSA) is 29.5 Å². The highest BCUT2D eigenvalue weighted by atomic mass is 32.2. The van der Waals surface area contributed by atoms with E-state index in [0.29, 0.717) is 16.7 Å². The van der Waals surface area contributed by atoms with Crippen LogP contribution >= 0.6 is 11.8 Å². The predicted molar refractivity (Wildman–Crippen MR) is 68.3 cm³/mol. The van der Waals surface area contributed by atoms with Crippen molar-refractivity contribution in [2.45, 2.75) is 38.0 Å². The first-order chi connectivity index (χ1) is 7.68. The molecule has 1 aromatic rings. The number of benzene rings is 1. The van der Waals surface area contributed by atoms with Gasteiger partial charge in [-0.1, -0.05) is 12.1 Å². The zero-order chi connectivity index (χ0) is 11.5. The zero-order valence-electron chi connectivity index (χ0n) is 9.77. The van der Waals surface area contributed by atoms with Crippen LogP contribution in [-0.4, -0.2) is 17.0 Å². The van der Waals surface area contributed by atoms with Crippen molar-refractivity contribution in [1.82, 2.24) is 0 Å². The minimum Gasteiger partial charge on any atom is -0.504 e. The Morgan fingerprint density at radius 1 is 1.44 bits per heavy atom. The molecule has 1 N–H and O–H groups in total. The highest BCUT2D eigenvalue weighted by molar-refractivity contribution is 7.99. The molecule has 0 aromatic heterocycles. The number of rotatable bonds is 3. The van der Waals surface area contributed by atoms with Crippen LogP contribution in [0.25, 0.3) is 0 Å². The molecule has 1 heterocycles. The first kappa shape index (κ1) is 11.6. The first-order valence-electron chi connectivity index (χ1n) is 5.78. The summed E-state index contributed by atoms with van der Waals surface area (Å²) in [5, 5.41) is 10.6. The van der Waals surface area contributed by atoms with E-state index in [-0.39, 0.29) is 6.10 Å². The minimum atomic E-state index is 0.0948. The third kappa shape index (κ3) is 2.46. The molecule has 0 aliphatic carbocycles. The van der Waals surface area contributed by atoms with Crippen LogP contribution in [0.1, 0.15) is 37.5 Å². The molecule has 88 valence electrons. The lowest BCUT2D eigenvalue weighted by atomic mass is 10.1. The van der Waals surface area contributed by atoms with Gasteiger partial charge >= 0.3 is 0 Å². The van der Waals surface area contributed by atoms with Gasteiger partial charge in [0.05, 0.1) is 6.10 Å². The Kier molecular flexibility index (Phi) is 3.64. The summed E-state index contributed by atoms with van der Waals surface area (Å²) < 4.78 is 5.59. The second-order valence-electron chi connectivity index (χ2n) is 4.36. The molecule has 0 bridgehead atoms.